The average molecular weight is 356 g/mol. The van der Waals surface area contributed by atoms with Crippen LogP contribution in [-0.2, 0) is 6.54 Å². The molecule has 1 N–H and O–H groups in total. The van der Waals surface area contributed by atoms with Crippen molar-refractivity contribution in [1.82, 2.24) is 0 Å². The van der Waals surface area contributed by atoms with E-state index in [0.29, 0.717) is 17.3 Å². The molecule has 0 aromatic heterocycles. The highest BCUT2D eigenvalue weighted by Gasteiger charge is 2.13. The maximum atomic E-state index is 11.0. The molecule has 0 saturated heterocycles. The lowest BCUT2D eigenvalue weighted by Crippen LogP contribution is -2.03. The molecule has 0 fully saturated rings. The topological polar surface area (TPSA) is 55.2 Å². The van der Waals surface area contributed by atoms with Crippen molar-refractivity contribution in [2.24, 2.45) is 0 Å². The number of hydrogen-bond donors (Lipinski definition) is 1. The van der Waals surface area contributed by atoms with E-state index in [4.69, 9.17) is 11.6 Å². The van der Waals surface area contributed by atoms with Crippen LogP contribution in [0.5, 0.6) is 0 Å². The number of aryl methyl sites for hydroxylation is 1. The predicted octanol–water partition coefficient (Wildman–Crippen LogP) is 4.93. The summed E-state index contributed by atoms with van der Waals surface area (Å²) >= 11 is 9.37. The highest BCUT2D eigenvalue weighted by atomic mass is 79.9. The third-order valence-corrected chi connectivity index (χ3v) is 3.84. The van der Waals surface area contributed by atoms with Gasteiger partial charge in [0.25, 0.3) is 5.69 Å². The van der Waals surface area contributed by atoms with E-state index < -0.39 is 0 Å². The number of nitro benzene ring substituents is 1. The smallest absolute Gasteiger partial charge is 0.292 e. The quantitative estimate of drug-likeness (QED) is 0.625. The molecule has 2 aromatic carbocycles. The molecule has 20 heavy (non-hydrogen) atoms. The zero-order valence-corrected chi connectivity index (χ0v) is 13.0. The first kappa shape index (κ1) is 14.8. The highest BCUT2D eigenvalue weighted by Crippen LogP contribution is 2.27. The van der Waals surface area contributed by atoms with Gasteiger partial charge in [-0.2, -0.15) is 0 Å². The number of nitro groups is 1. The fourth-order valence-electron chi connectivity index (χ4n) is 1.81. The normalized spacial score (nSPS) is 10.3. The number of nitrogens with one attached hydrogen (secondary N) is 1. The van der Waals surface area contributed by atoms with E-state index >= 15 is 0 Å². The number of benzene rings is 2. The molecular formula is C14H12BrClN2O2. The Labute approximate surface area is 130 Å². The van der Waals surface area contributed by atoms with Crippen molar-refractivity contribution < 1.29 is 4.92 Å². The van der Waals surface area contributed by atoms with E-state index in [-0.39, 0.29) is 10.6 Å². The molecule has 4 nitrogen and oxygen atoms in total. The second-order valence-electron chi connectivity index (χ2n) is 4.37. The number of rotatable bonds is 4. The summed E-state index contributed by atoms with van der Waals surface area (Å²) in [5.41, 5.74) is 2.36. The van der Waals surface area contributed by atoms with Gasteiger partial charge in [0.1, 0.15) is 5.69 Å². The van der Waals surface area contributed by atoms with Gasteiger partial charge >= 0.3 is 0 Å². The van der Waals surface area contributed by atoms with Gasteiger partial charge in [-0.15, -0.1) is 0 Å². The summed E-state index contributed by atoms with van der Waals surface area (Å²) in [6, 6.07) is 10.6. The van der Waals surface area contributed by atoms with Gasteiger partial charge in [-0.3, -0.25) is 10.1 Å². The molecule has 104 valence electrons. The molecule has 0 aliphatic rings. The Bertz CT molecular complexity index is 662. The molecule has 0 amide bonds. The molecule has 0 saturated carbocycles. The Morgan fingerprint density at radius 3 is 2.75 bits per heavy atom. The lowest BCUT2D eigenvalue weighted by Gasteiger charge is -2.09. The van der Waals surface area contributed by atoms with Gasteiger partial charge in [0.05, 0.1) is 4.92 Å². The summed E-state index contributed by atoms with van der Waals surface area (Å²) in [6.45, 7) is 2.27. The van der Waals surface area contributed by atoms with Crippen molar-refractivity contribution >= 4 is 38.9 Å². The maximum Gasteiger partial charge on any atom is 0.292 e. The van der Waals surface area contributed by atoms with Gasteiger partial charge in [-0.25, -0.2) is 0 Å². The summed E-state index contributed by atoms with van der Waals surface area (Å²) in [5.74, 6) is 0. The van der Waals surface area contributed by atoms with Crippen LogP contribution in [-0.4, -0.2) is 4.92 Å². The SMILES string of the molecule is Cc1ccc(NCc2cc(Cl)ccc2Br)c([N+](=O)[O-])c1. The largest absolute Gasteiger partial charge is 0.375 e. The number of nitrogens with zero attached hydrogens (tertiary/aromatic N) is 1. The zero-order chi connectivity index (χ0) is 14.7. The molecule has 0 spiro atoms. The fourth-order valence-corrected chi connectivity index (χ4v) is 2.39. The Hall–Kier alpha value is -1.59. The van der Waals surface area contributed by atoms with Crippen molar-refractivity contribution in [1.29, 1.82) is 0 Å². The van der Waals surface area contributed by atoms with Crippen LogP contribution < -0.4 is 5.32 Å². The first-order chi connectivity index (χ1) is 9.47. The number of halogens is 2. The minimum absolute atomic E-state index is 0.0724. The molecule has 0 aliphatic heterocycles. The van der Waals surface area contributed by atoms with E-state index in [9.17, 15) is 10.1 Å². The van der Waals surface area contributed by atoms with E-state index in [2.05, 4.69) is 21.2 Å². The maximum absolute atomic E-state index is 11.0. The Kier molecular flexibility index (Phi) is 4.62. The monoisotopic (exact) mass is 354 g/mol. The van der Waals surface area contributed by atoms with Gasteiger partial charge < -0.3 is 5.32 Å². The van der Waals surface area contributed by atoms with E-state index in [0.717, 1.165) is 15.6 Å². The third-order valence-electron chi connectivity index (χ3n) is 2.83. The fraction of sp³-hybridized carbons (Fsp3) is 0.143. The third kappa shape index (κ3) is 3.49. The van der Waals surface area contributed by atoms with Crippen LogP contribution in [0.15, 0.2) is 40.9 Å². The molecule has 0 unspecified atom stereocenters. The first-order valence-corrected chi connectivity index (χ1v) is 7.07. The summed E-state index contributed by atoms with van der Waals surface area (Å²) in [7, 11) is 0. The zero-order valence-electron chi connectivity index (χ0n) is 10.7. The first-order valence-electron chi connectivity index (χ1n) is 5.90. The number of anilines is 1. The van der Waals surface area contributed by atoms with Crippen LogP contribution in [0.2, 0.25) is 5.02 Å². The van der Waals surface area contributed by atoms with Crippen molar-refractivity contribution in [2.75, 3.05) is 5.32 Å². The van der Waals surface area contributed by atoms with Crippen LogP contribution in [0.4, 0.5) is 11.4 Å². The molecule has 6 heteroatoms. The number of hydrogen-bond acceptors (Lipinski definition) is 3. The van der Waals surface area contributed by atoms with Gasteiger partial charge in [-0.1, -0.05) is 33.6 Å². The Morgan fingerprint density at radius 2 is 2.05 bits per heavy atom. The van der Waals surface area contributed by atoms with Crippen molar-refractivity contribution in [3.05, 3.63) is 67.1 Å². The molecular weight excluding hydrogens is 344 g/mol. The Balaban J connectivity index is 2.23. The summed E-state index contributed by atoms with van der Waals surface area (Å²) < 4.78 is 0.907. The van der Waals surface area contributed by atoms with Crippen molar-refractivity contribution in [3.63, 3.8) is 0 Å². The van der Waals surface area contributed by atoms with Crippen LogP contribution in [0.25, 0.3) is 0 Å². The Morgan fingerprint density at radius 1 is 1.30 bits per heavy atom. The highest BCUT2D eigenvalue weighted by molar-refractivity contribution is 9.10. The molecule has 2 aromatic rings. The van der Waals surface area contributed by atoms with Crippen LogP contribution >= 0.6 is 27.5 Å². The van der Waals surface area contributed by atoms with Crippen molar-refractivity contribution in [2.45, 2.75) is 13.5 Å². The molecule has 0 bridgehead atoms. The average Bonchev–Trinajstić information content (AvgIpc) is 2.40. The predicted molar refractivity (Wildman–Crippen MR) is 84.3 cm³/mol. The van der Waals surface area contributed by atoms with Gasteiger partial charge in [0.2, 0.25) is 0 Å². The minimum Gasteiger partial charge on any atom is -0.375 e. The summed E-state index contributed by atoms with van der Waals surface area (Å²) in [4.78, 5) is 10.7. The molecule has 0 atom stereocenters. The van der Waals surface area contributed by atoms with Gasteiger partial charge in [-0.05, 0) is 42.3 Å². The molecule has 0 heterocycles. The van der Waals surface area contributed by atoms with Crippen LogP contribution in [0.3, 0.4) is 0 Å². The van der Waals surface area contributed by atoms with Gasteiger partial charge in [0.15, 0.2) is 0 Å². The van der Waals surface area contributed by atoms with E-state index in [1.165, 1.54) is 0 Å². The van der Waals surface area contributed by atoms with Crippen LogP contribution in [0, 0.1) is 17.0 Å². The lowest BCUT2D eigenvalue weighted by molar-refractivity contribution is -0.384. The molecule has 0 radical (unpaired) electrons. The standard InChI is InChI=1S/C14H12BrClN2O2/c1-9-2-5-13(14(6-9)18(19)20)17-8-10-7-11(16)3-4-12(10)15/h2-7,17H,8H2,1H3. The lowest BCUT2D eigenvalue weighted by atomic mass is 10.1. The molecule has 2 rings (SSSR count). The van der Waals surface area contributed by atoms with Crippen LogP contribution in [0.1, 0.15) is 11.1 Å². The van der Waals surface area contributed by atoms with E-state index in [1.807, 2.05) is 25.1 Å². The minimum atomic E-state index is -0.387. The second kappa shape index (κ2) is 6.24. The van der Waals surface area contributed by atoms with Gasteiger partial charge in [0, 0.05) is 22.1 Å². The van der Waals surface area contributed by atoms with Crippen molar-refractivity contribution in [3.8, 4) is 0 Å². The second-order valence-corrected chi connectivity index (χ2v) is 5.66. The summed E-state index contributed by atoms with van der Waals surface area (Å²) in [6.07, 6.45) is 0. The van der Waals surface area contributed by atoms with E-state index in [1.54, 1.807) is 18.2 Å². The molecule has 0 aliphatic carbocycles. The summed E-state index contributed by atoms with van der Waals surface area (Å²) in [5, 5.41) is 14.7.